The molecular formula is C21H26N2O2. The third-order valence-electron chi connectivity index (χ3n) is 4.02. The number of amides is 2. The maximum Gasteiger partial charge on any atom is 0.255 e. The predicted molar refractivity (Wildman–Crippen MR) is 102 cm³/mol. The molecule has 0 radical (unpaired) electrons. The average molecular weight is 338 g/mol. The van der Waals surface area contributed by atoms with Gasteiger partial charge >= 0.3 is 0 Å². The van der Waals surface area contributed by atoms with Gasteiger partial charge in [-0.25, -0.2) is 0 Å². The van der Waals surface area contributed by atoms with E-state index in [0.29, 0.717) is 16.8 Å². The smallest absolute Gasteiger partial charge is 0.255 e. The fourth-order valence-corrected chi connectivity index (χ4v) is 2.90. The first kappa shape index (κ1) is 18.7. The Hall–Kier alpha value is -2.62. The summed E-state index contributed by atoms with van der Waals surface area (Å²) in [5.41, 5.74) is 2.95. The van der Waals surface area contributed by atoms with E-state index < -0.39 is 0 Å². The summed E-state index contributed by atoms with van der Waals surface area (Å²) >= 11 is 0. The molecule has 0 bridgehead atoms. The van der Waals surface area contributed by atoms with E-state index in [2.05, 4.69) is 5.32 Å². The van der Waals surface area contributed by atoms with Crippen molar-refractivity contribution in [1.29, 1.82) is 0 Å². The van der Waals surface area contributed by atoms with Gasteiger partial charge in [-0.05, 0) is 71.0 Å². The molecule has 0 aliphatic carbocycles. The first-order valence-electron chi connectivity index (χ1n) is 8.60. The fourth-order valence-electron chi connectivity index (χ4n) is 2.90. The van der Waals surface area contributed by atoms with E-state index in [9.17, 15) is 9.59 Å². The van der Waals surface area contributed by atoms with Crippen LogP contribution in [0.2, 0.25) is 0 Å². The molecule has 2 rings (SSSR count). The van der Waals surface area contributed by atoms with Gasteiger partial charge in [0.1, 0.15) is 0 Å². The van der Waals surface area contributed by atoms with Crippen molar-refractivity contribution in [2.24, 2.45) is 0 Å². The minimum absolute atomic E-state index is 0.00145. The van der Waals surface area contributed by atoms with E-state index in [1.165, 1.54) is 0 Å². The lowest BCUT2D eigenvalue weighted by Crippen LogP contribution is -2.42. The molecule has 2 aromatic carbocycles. The number of hydrogen-bond acceptors (Lipinski definition) is 2. The molecular weight excluding hydrogens is 312 g/mol. The summed E-state index contributed by atoms with van der Waals surface area (Å²) in [6.07, 6.45) is 0. The van der Waals surface area contributed by atoms with Crippen molar-refractivity contribution in [3.05, 3.63) is 65.2 Å². The molecule has 0 saturated carbocycles. The highest BCUT2D eigenvalue weighted by Crippen LogP contribution is 2.16. The predicted octanol–water partition coefficient (Wildman–Crippen LogP) is 4.51. The zero-order chi connectivity index (χ0) is 18.6. The molecule has 1 N–H and O–H groups in total. The van der Waals surface area contributed by atoms with Crippen LogP contribution in [0.5, 0.6) is 0 Å². The van der Waals surface area contributed by atoms with Gasteiger partial charge in [0.15, 0.2) is 0 Å². The Morgan fingerprint density at radius 2 is 1.48 bits per heavy atom. The first-order valence-corrected chi connectivity index (χ1v) is 8.60. The van der Waals surface area contributed by atoms with Crippen LogP contribution < -0.4 is 5.32 Å². The lowest BCUT2D eigenvalue weighted by Gasteiger charge is -2.30. The Bertz CT molecular complexity index is 741. The van der Waals surface area contributed by atoms with Crippen LogP contribution in [0.25, 0.3) is 0 Å². The summed E-state index contributed by atoms with van der Waals surface area (Å²) < 4.78 is 0. The number of hydrogen-bond donors (Lipinski definition) is 1. The number of nitrogens with one attached hydrogen (secondary N) is 1. The number of aryl methyl sites for hydroxylation is 1. The lowest BCUT2D eigenvalue weighted by molar-refractivity contribution is 0.0643. The molecule has 4 nitrogen and oxygen atoms in total. The van der Waals surface area contributed by atoms with Crippen molar-refractivity contribution in [3.63, 3.8) is 0 Å². The Kier molecular flexibility index (Phi) is 5.97. The average Bonchev–Trinajstić information content (AvgIpc) is 2.54. The van der Waals surface area contributed by atoms with E-state index >= 15 is 0 Å². The summed E-state index contributed by atoms with van der Waals surface area (Å²) in [5.74, 6) is -0.157. The van der Waals surface area contributed by atoms with Crippen molar-refractivity contribution in [3.8, 4) is 0 Å². The van der Waals surface area contributed by atoms with Crippen LogP contribution in [0.1, 0.15) is 54.0 Å². The number of carbonyl (C=O) groups is 2. The van der Waals surface area contributed by atoms with Crippen molar-refractivity contribution < 1.29 is 9.59 Å². The Balaban J connectivity index is 2.12. The van der Waals surface area contributed by atoms with E-state index in [1.807, 2.05) is 57.7 Å². The normalized spacial score (nSPS) is 10.8. The van der Waals surface area contributed by atoms with Crippen LogP contribution >= 0.6 is 0 Å². The summed E-state index contributed by atoms with van der Waals surface area (Å²) in [5, 5.41) is 2.86. The van der Waals surface area contributed by atoms with Crippen molar-refractivity contribution >= 4 is 17.5 Å². The minimum atomic E-state index is -0.159. The zero-order valence-corrected chi connectivity index (χ0v) is 15.5. The first-order chi connectivity index (χ1) is 11.8. The molecule has 4 heteroatoms. The molecule has 2 amide bonds. The van der Waals surface area contributed by atoms with Gasteiger partial charge in [-0.2, -0.15) is 0 Å². The van der Waals surface area contributed by atoms with Gasteiger partial charge in [-0.1, -0.05) is 17.7 Å². The summed E-state index contributed by atoms with van der Waals surface area (Å²) in [7, 11) is 0. The SMILES string of the molecule is Cc1cccc(C(=O)Nc2ccc(C(=O)N(C(C)C)C(C)C)cc2)c1. The summed E-state index contributed by atoms with van der Waals surface area (Å²) in [6.45, 7) is 9.98. The quantitative estimate of drug-likeness (QED) is 0.872. The fraction of sp³-hybridized carbons (Fsp3) is 0.333. The van der Waals surface area contributed by atoms with Gasteiger partial charge in [0.25, 0.3) is 11.8 Å². The molecule has 0 aliphatic heterocycles. The number of benzene rings is 2. The van der Waals surface area contributed by atoms with Gasteiger partial charge in [-0.15, -0.1) is 0 Å². The second-order valence-electron chi connectivity index (χ2n) is 6.80. The van der Waals surface area contributed by atoms with Gasteiger partial charge in [0.2, 0.25) is 0 Å². The van der Waals surface area contributed by atoms with E-state index in [4.69, 9.17) is 0 Å². The maximum absolute atomic E-state index is 12.7. The van der Waals surface area contributed by atoms with E-state index in [1.54, 1.807) is 30.3 Å². The number of carbonyl (C=O) groups excluding carboxylic acids is 2. The molecule has 132 valence electrons. The molecule has 0 aromatic heterocycles. The number of nitrogens with zero attached hydrogens (tertiary/aromatic N) is 1. The van der Waals surface area contributed by atoms with Gasteiger partial charge in [0.05, 0.1) is 0 Å². The number of anilines is 1. The summed E-state index contributed by atoms with van der Waals surface area (Å²) in [4.78, 5) is 26.8. The molecule has 0 heterocycles. The highest BCUT2D eigenvalue weighted by atomic mass is 16.2. The van der Waals surface area contributed by atoms with E-state index in [0.717, 1.165) is 5.56 Å². The minimum Gasteiger partial charge on any atom is -0.334 e. The molecule has 0 spiro atoms. The largest absolute Gasteiger partial charge is 0.334 e. The van der Waals surface area contributed by atoms with Crippen LogP contribution in [0.4, 0.5) is 5.69 Å². The van der Waals surface area contributed by atoms with Gasteiger partial charge in [0, 0.05) is 28.9 Å². The van der Waals surface area contributed by atoms with Crippen LogP contribution in [0.3, 0.4) is 0 Å². The lowest BCUT2D eigenvalue weighted by atomic mass is 10.1. The van der Waals surface area contributed by atoms with Gasteiger partial charge < -0.3 is 10.2 Å². The zero-order valence-electron chi connectivity index (χ0n) is 15.5. The van der Waals surface area contributed by atoms with Gasteiger partial charge in [-0.3, -0.25) is 9.59 Å². The summed E-state index contributed by atoms with van der Waals surface area (Å²) in [6, 6.07) is 14.7. The van der Waals surface area contributed by atoms with Crippen LogP contribution in [-0.2, 0) is 0 Å². The van der Waals surface area contributed by atoms with Crippen molar-refractivity contribution in [2.45, 2.75) is 46.7 Å². The molecule has 0 fully saturated rings. The van der Waals surface area contributed by atoms with Crippen molar-refractivity contribution in [2.75, 3.05) is 5.32 Å². The van der Waals surface area contributed by atoms with Crippen LogP contribution in [0, 0.1) is 6.92 Å². The molecule has 2 aromatic rings. The highest BCUT2D eigenvalue weighted by molar-refractivity contribution is 6.04. The number of rotatable bonds is 5. The second-order valence-corrected chi connectivity index (χ2v) is 6.80. The second kappa shape index (κ2) is 7.97. The maximum atomic E-state index is 12.7. The van der Waals surface area contributed by atoms with Crippen molar-refractivity contribution in [1.82, 2.24) is 4.90 Å². The van der Waals surface area contributed by atoms with Crippen LogP contribution in [0.15, 0.2) is 48.5 Å². The molecule has 0 unspecified atom stereocenters. The molecule has 0 aliphatic rings. The molecule has 25 heavy (non-hydrogen) atoms. The highest BCUT2D eigenvalue weighted by Gasteiger charge is 2.21. The Morgan fingerprint density at radius 3 is 2.00 bits per heavy atom. The standard InChI is InChI=1S/C21H26N2O2/c1-14(2)23(15(3)4)21(25)17-9-11-19(12-10-17)22-20(24)18-8-6-7-16(5)13-18/h6-15H,1-5H3,(H,22,24). The molecule has 0 saturated heterocycles. The monoisotopic (exact) mass is 338 g/mol. The van der Waals surface area contributed by atoms with E-state index in [-0.39, 0.29) is 23.9 Å². The Morgan fingerprint density at radius 1 is 0.880 bits per heavy atom. The van der Waals surface area contributed by atoms with Crippen LogP contribution in [-0.4, -0.2) is 28.8 Å². The third-order valence-corrected chi connectivity index (χ3v) is 4.02. The molecule has 0 atom stereocenters. The third kappa shape index (κ3) is 4.69. The topological polar surface area (TPSA) is 49.4 Å². The Labute approximate surface area is 149 Å².